The Morgan fingerprint density at radius 3 is 2.23 bits per heavy atom. The second kappa shape index (κ2) is 6.67. The normalized spacial score (nSPS) is 11.5. The van der Waals surface area contributed by atoms with Crippen molar-refractivity contribution in [3.05, 3.63) is 68.7 Å². The van der Waals surface area contributed by atoms with Crippen LogP contribution < -0.4 is 4.83 Å². The minimum atomic E-state index is -3.75. The van der Waals surface area contributed by atoms with Crippen molar-refractivity contribution in [2.24, 2.45) is 5.10 Å². The van der Waals surface area contributed by atoms with Gasteiger partial charge in [0, 0.05) is 16.6 Å². The SMILES string of the molecule is O=[N+]([O-])c1ccc(C=NNS(=O)(=O)c2ccc(Br)cc2)cc1. The predicted octanol–water partition coefficient (Wildman–Crippen LogP) is 2.67. The Labute approximate surface area is 135 Å². The summed E-state index contributed by atoms with van der Waals surface area (Å²) in [6, 6.07) is 11.6. The largest absolute Gasteiger partial charge is 0.276 e. The first-order valence-electron chi connectivity index (χ1n) is 5.93. The zero-order valence-corrected chi connectivity index (χ0v) is 13.4. The number of non-ortho nitro benzene ring substituents is 1. The van der Waals surface area contributed by atoms with Gasteiger partial charge in [0.2, 0.25) is 0 Å². The van der Waals surface area contributed by atoms with Crippen LogP contribution in [0.25, 0.3) is 0 Å². The molecule has 0 spiro atoms. The summed E-state index contributed by atoms with van der Waals surface area (Å²) in [6.45, 7) is 0. The Hall–Kier alpha value is -2.26. The van der Waals surface area contributed by atoms with Crippen LogP contribution in [0.15, 0.2) is 63.0 Å². The third-order valence-electron chi connectivity index (χ3n) is 2.61. The molecule has 0 aliphatic rings. The van der Waals surface area contributed by atoms with E-state index in [9.17, 15) is 18.5 Å². The highest BCUT2D eigenvalue weighted by atomic mass is 79.9. The summed E-state index contributed by atoms with van der Waals surface area (Å²) in [6.07, 6.45) is 1.26. The van der Waals surface area contributed by atoms with Crippen LogP contribution >= 0.6 is 15.9 Å². The average Bonchev–Trinajstić information content (AvgIpc) is 2.48. The molecule has 2 aromatic carbocycles. The van der Waals surface area contributed by atoms with Crippen LogP contribution in [0.1, 0.15) is 5.56 Å². The van der Waals surface area contributed by atoms with E-state index in [1.807, 2.05) is 0 Å². The van der Waals surface area contributed by atoms with Gasteiger partial charge in [-0.2, -0.15) is 13.5 Å². The smallest absolute Gasteiger partial charge is 0.258 e. The van der Waals surface area contributed by atoms with E-state index >= 15 is 0 Å². The molecule has 114 valence electrons. The number of rotatable bonds is 5. The van der Waals surface area contributed by atoms with E-state index in [4.69, 9.17) is 0 Å². The van der Waals surface area contributed by atoms with Gasteiger partial charge in [0.05, 0.1) is 16.0 Å². The van der Waals surface area contributed by atoms with Crippen LogP contribution in [0.4, 0.5) is 5.69 Å². The Balaban J connectivity index is 2.08. The molecule has 0 fully saturated rings. The lowest BCUT2D eigenvalue weighted by Crippen LogP contribution is -2.18. The van der Waals surface area contributed by atoms with Crippen LogP contribution in [0.2, 0.25) is 0 Å². The molecule has 0 aromatic heterocycles. The molecule has 2 rings (SSSR count). The van der Waals surface area contributed by atoms with Gasteiger partial charge in [0.15, 0.2) is 0 Å². The van der Waals surface area contributed by atoms with Crippen molar-refractivity contribution in [1.29, 1.82) is 0 Å². The maximum atomic E-state index is 11.9. The van der Waals surface area contributed by atoms with Gasteiger partial charge in [-0.1, -0.05) is 15.9 Å². The second-order valence-electron chi connectivity index (χ2n) is 4.16. The van der Waals surface area contributed by atoms with Crippen molar-refractivity contribution in [3.8, 4) is 0 Å². The Bertz CT molecular complexity index is 802. The van der Waals surface area contributed by atoms with E-state index in [0.29, 0.717) is 5.56 Å². The highest BCUT2D eigenvalue weighted by Gasteiger charge is 2.11. The summed E-state index contributed by atoms with van der Waals surface area (Å²) >= 11 is 3.22. The lowest BCUT2D eigenvalue weighted by atomic mass is 10.2. The number of nitro groups is 1. The van der Waals surface area contributed by atoms with E-state index in [2.05, 4.69) is 25.9 Å². The van der Waals surface area contributed by atoms with Crippen LogP contribution in [0.5, 0.6) is 0 Å². The maximum Gasteiger partial charge on any atom is 0.276 e. The van der Waals surface area contributed by atoms with Gasteiger partial charge in [0.1, 0.15) is 0 Å². The first-order chi connectivity index (χ1) is 10.4. The zero-order chi connectivity index (χ0) is 16.2. The Kier molecular flexibility index (Phi) is 4.88. The van der Waals surface area contributed by atoms with Crippen LogP contribution in [-0.2, 0) is 10.0 Å². The van der Waals surface area contributed by atoms with Crippen molar-refractivity contribution in [1.82, 2.24) is 4.83 Å². The highest BCUT2D eigenvalue weighted by molar-refractivity contribution is 9.10. The summed E-state index contributed by atoms with van der Waals surface area (Å²) in [5, 5.41) is 14.2. The molecule has 2 aromatic rings. The van der Waals surface area contributed by atoms with E-state index in [-0.39, 0.29) is 10.6 Å². The molecule has 1 N–H and O–H groups in total. The zero-order valence-electron chi connectivity index (χ0n) is 11.0. The molecule has 0 radical (unpaired) electrons. The predicted molar refractivity (Wildman–Crippen MR) is 85.2 cm³/mol. The van der Waals surface area contributed by atoms with Crippen molar-refractivity contribution >= 4 is 37.9 Å². The van der Waals surface area contributed by atoms with Gasteiger partial charge in [-0.05, 0) is 42.0 Å². The lowest BCUT2D eigenvalue weighted by Gasteiger charge is -2.03. The molecule has 22 heavy (non-hydrogen) atoms. The van der Waals surface area contributed by atoms with Gasteiger partial charge in [-0.25, -0.2) is 4.83 Å². The number of nitrogens with one attached hydrogen (secondary N) is 1. The molecular weight excluding hydrogens is 374 g/mol. The first kappa shape index (κ1) is 16.1. The summed E-state index contributed by atoms with van der Waals surface area (Å²) in [5.74, 6) is 0. The summed E-state index contributed by atoms with van der Waals surface area (Å²) in [5.41, 5.74) is 0.483. The quantitative estimate of drug-likeness (QED) is 0.486. The lowest BCUT2D eigenvalue weighted by molar-refractivity contribution is -0.384. The highest BCUT2D eigenvalue weighted by Crippen LogP contribution is 2.14. The molecule has 0 unspecified atom stereocenters. The molecule has 0 saturated heterocycles. The number of hydrazone groups is 1. The fraction of sp³-hybridized carbons (Fsp3) is 0. The molecule has 0 aliphatic heterocycles. The average molecular weight is 384 g/mol. The van der Waals surface area contributed by atoms with Crippen LogP contribution in [-0.4, -0.2) is 19.6 Å². The van der Waals surface area contributed by atoms with Gasteiger partial charge in [-0.15, -0.1) is 0 Å². The standard InChI is InChI=1S/C13H10BrN3O4S/c14-11-3-7-13(8-4-11)22(20,21)16-15-9-10-1-5-12(6-2-10)17(18)19/h1-9,16H. The topological polar surface area (TPSA) is 102 Å². The molecule has 0 amide bonds. The third-order valence-corrected chi connectivity index (χ3v) is 4.38. The number of nitrogens with zero attached hydrogens (tertiary/aromatic N) is 2. The number of hydrogen-bond donors (Lipinski definition) is 1. The molecule has 0 atom stereocenters. The summed E-state index contributed by atoms with van der Waals surface area (Å²) in [4.78, 5) is 12.2. The second-order valence-corrected chi connectivity index (χ2v) is 6.73. The molecule has 0 aliphatic carbocycles. The van der Waals surface area contributed by atoms with Gasteiger partial charge in [0.25, 0.3) is 15.7 Å². The number of sulfonamides is 1. The monoisotopic (exact) mass is 383 g/mol. The van der Waals surface area contributed by atoms with Crippen molar-refractivity contribution < 1.29 is 13.3 Å². The summed E-state index contributed by atoms with van der Waals surface area (Å²) in [7, 11) is -3.75. The van der Waals surface area contributed by atoms with Crippen LogP contribution in [0.3, 0.4) is 0 Å². The van der Waals surface area contributed by atoms with E-state index in [0.717, 1.165) is 4.47 Å². The molecule has 0 bridgehead atoms. The van der Waals surface area contributed by atoms with Gasteiger partial charge >= 0.3 is 0 Å². The molecule has 0 heterocycles. The fourth-order valence-corrected chi connectivity index (χ4v) is 2.57. The number of halogens is 1. The van der Waals surface area contributed by atoms with Crippen molar-refractivity contribution in [2.45, 2.75) is 4.90 Å². The maximum absolute atomic E-state index is 11.9. The van der Waals surface area contributed by atoms with E-state index in [1.165, 1.54) is 42.6 Å². The fourth-order valence-electron chi connectivity index (χ4n) is 1.52. The first-order valence-corrected chi connectivity index (χ1v) is 8.21. The molecule has 9 heteroatoms. The number of nitro benzene ring substituents is 1. The van der Waals surface area contributed by atoms with Crippen LogP contribution in [0, 0.1) is 10.1 Å². The number of benzene rings is 2. The molecule has 0 saturated carbocycles. The van der Waals surface area contributed by atoms with Crippen molar-refractivity contribution in [3.63, 3.8) is 0 Å². The summed E-state index contributed by atoms with van der Waals surface area (Å²) < 4.78 is 24.7. The van der Waals surface area contributed by atoms with Gasteiger partial charge < -0.3 is 0 Å². The Morgan fingerprint density at radius 2 is 1.68 bits per heavy atom. The minimum absolute atomic E-state index is 0.0485. The van der Waals surface area contributed by atoms with E-state index in [1.54, 1.807) is 12.1 Å². The molecule has 7 nitrogen and oxygen atoms in total. The van der Waals surface area contributed by atoms with Gasteiger partial charge in [-0.3, -0.25) is 10.1 Å². The van der Waals surface area contributed by atoms with E-state index < -0.39 is 14.9 Å². The van der Waals surface area contributed by atoms with Crippen molar-refractivity contribution in [2.75, 3.05) is 0 Å². The third kappa shape index (κ3) is 4.12. The minimum Gasteiger partial charge on any atom is -0.258 e. The number of hydrogen-bond acceptors (Lipinski definition) is 5. The Morgan fingerprint density at radius 1 is 1.09 bits per heavy atom. The molecular formula is C13H10BrN3O4S.